The van der Waals surface area contributed by atoms with Gasteiger partial charge in [-0.3, -0.25) is 0 Å². The first kappa shape index (κ1) is 13.6. The first-order valence-electron chi connectivity index (χ1n) is 6.47. The minimum Gasteiger partial charge on any atom is -0.389 e. The van der Waals surface area contributed by atoms with E-state index in [0.29, 0.717) is 0 Å². The molecule has 0 aliphatic heterocycles. The molecule has 0 radical (unpaired) electrons. The number of aromatic nitrogens is 1. The summed E-state index contributed by atoms with van der Waals surface area (Å²) in [5.74, 6) is 0.908. The fourth-order valence-electron chi connectivity index (χ4n) is 2.04. The molecule has 3 nitrogen and oxygen atoms in total. The average Bonchev–Trinajstić information content (AvgIpc) is 2.39. The summed E-state index contributed by atoms with van der Waals surface area (Å²) < 4.78 is 0. The second kappa shape index (κ2) is 5.85. The van der Waals surface area contributed by atoms with Crippen LogP contribution in [0.2, 0.25) is 0 Å². The molecular formula is C16H20N2O. The molecule has 0 saturated carbocycles. The zero-order chi connectivity index (χ0) is 13.8. The third-order valence-corrected chi connectivity index (χ3v) is 3.15. The summed E-state index contributed by atoms with van der Waals surface area (Å²) in [5.41, 5.74) is 3.37. The topological polar surface area (TPSA) is 36.4 Å². The molecule has 100 valence electrons. The van der Waals surface area contributed by atoms with Crippen LogP contribution in [0.5, 0.6) is 0 Å². The Bertz CT molecular complexity index is 535. The van der Waals surface area contributed by atoms with Crippen LogP contribution in [0.3, 0.4) is 0 Å². The molecule has 0 saturated heterocycles. The van der Waals surface area contributed by atoms with Gasteiger partial charge in [-0.05, 0) is 31.0 Å². The molecule has 0 amide bonds. The van der Waals surface area contributed by atoms with E-state index in [1.165, 1.54) is 11.1 Å². The fourth-order valence-corrected chi connectivity index (χ4v) is 2.04. The number of aliphatic hydroxyl groups is 1. The Morgan fingerprint density at radius 1 is 1.26 bits per heavy atom. The molecule has 1 unspecified atom stereocenters. The molecule has 1 heterocycles. The molecule has 3 heteroatoms. The maximum absolute atomic E-state index is 9.47. The maximum atomic E-state index is 9.47. The SMILES string of the molecule is Cc1cccc(CN(C)c2ccc(C(C)O)cn2)c1. The van der Waals surface area contributed by atoms with E-state index in [9.17, 15) is 5.11 Å². The molecule has 2 rings (SSSR count). The predicted octanol–water partition coefficient (Wildman–Crippen LogP) is 3.08. The summed E-state index contributed by atoms with van der Waals surface area (Å²) in [6.07, 6.45) is 1.26. The number of anilines is 1. The van der Waals surface area contributed by atoms with Crippen LogP contribution >= 0.6 is 0 Å². The largest absolute Gasteiger partial charge is 0.389 e. The number of nitrogens with zero attached hydrogens (tertiary/aromatic N) is 2. The van der Waals surface area contributed by atoms with Crippen molar-refractivity contribution in [3.8, 4) is 0 Å². The van der Waals surface area contributed by atoms with Crippen molar-refractivity contribution in [2.45, 2.75) is 26.5 Å². The molecule has 1 aromatic heterocycles. The standard InChI is InChI=1S/C16H20N2O/c1-12-5-4-6-14(9-12)11-18(3)16-8-7-15(10-17-16)13(2)19/h4-10,13,19H,11H2,1-3H3. The summed E-state index contributed by atoms with van der Waals surface area (Å²) in [6.45, 7) is 4.66. The quantitative estimate of drug-likeness (QED) is 0.913. The van der Waals surface area contributed by atoms with E-state index in [1.807, 2.05) is 19.2 Å². The highest BCUT2D eigenvalue weighted by Crippen LogP contribution is 2.17. The lowest BCUT2D eigenvalue weighted by atomic mass is 10.1. The highest BCUT2D eigenvalue weighted by atomic mass is 16.3. The Kier molecular flexibility index (Phi) is 4.17. The zero-order valence-electron chi connectivity index (χ0n) is 11.7. The lowest BCUT2D eigenvalue weighted by molar-refractivity contribution is 0.199. The van der Waals surface area contributed by atoms with Gasteiger partial charge in [0.25, 0.3) is 0 Å². The van der Waals surface area contributed by atoms with Crippen molar-refractivity contribution >= 4 is 5.82 Å². The number of benzene rings is 1. The molecule has 19 heavy (non-hydrogen) atoms. The zero-order valence-corrected chi connectivity index (χ0v) is 11.7. The summed E-state index contributed by atoms with van der Waals surface area (Å²) in [5, 5.41) is 9.47. The third kappa shape index (κ3) is 3.55. The van der Waals surface area contributed by atoms with E-state index in [0.717, 1.165) is 17.9 Å². The van der Waals surface area contributed by atoms with E-state index in [-0.39, 0.29) is 0 Å². The van der Waals surface area contributed by atoms with Crippen molar-refractivity contribution in [1.29, 1.82) is 0 Å². The van der Waals surface area contributed by atoms with Crippen LogP contribution in [-0.4, -0.2) is 17.1 Å². The molecule has 0 bridgehead atoms. The van der Waals surface area contributed by atoms with E-state index in [1.54, 1.807) is 13.1 Å². The lowest BCUT2D eigenvalue weighted by Crippen LogP contribution is -2.17. The van der Waals surface area contributed by atoms with Crippen molar-refractivity contribution in [2.24, 2.45) is 0 Å². The van der Waals surface area contributed by atoms with Crippen molar-refractivity contribution in [3.05, 3.63) is 59.3 Å². The van der Waals surface area contributed by atoms with Crippen LogP contribution in [0.25, 0.3) is 0 Å². The Labute approximate surface area is 114 Å². The average molecular weight is 256 g/mol. The van der Waals surface area contributed by atoms with Gasteiger partial charge in [0.2, 0.25) is 0 Å². The van der Waals surface area contributed by atoms with Gasteiger partial charge >= 0.3 is 0 Å². The van der Waals surface area contributed by atoms with Gasteiger partial charge in [0.1, 0.15) is 5.82 Å². The van der Waals surface area contributed by atoms with E-state index in [4.69, 9.17) is 0 Å². The predicted molar refractivity (Wildman–Crippen MR) is 78.2 cm³/mol. The number of rotatable bonds is 4. The molecule has 0 spiro atoms. The molecule has 0 fully saturated rings. The van der Waals surface area contributed by atoms with Gasteiger partial charge in [-0.1, -0.05) is 35.9 Å². The number of hydrogen-bond acceptors (Lipinski definition) is 3. The highest BCUT2D eigenvalue weighted by molar-refractivity contribution is 5.40. The van der Waals surface area contributed by atoms with E-state index in [2.05, 4.69) is 41.1 Å². The first-order valence-corrected chi connectivity index (χ1v) is 6.47. The van der Waals surface area contributed by atoms with Crippen LogP contribution in [0.15, 0.2) is 42.6 Å². The summed E-state index contributed by atoms with van der Waals surface area (Å²) in [6, 6.07) is 12.3. The van der Waals surface area contributed by atoms with Gasteiger partial charge in [0.15, 0.2) is 0 Å². The Balaban J connectivity index is 2.09. The molecule has 2 aromatic rings. The molecule has 0 aliphatic carbocycles. The Morgan fingerprint density at radius 3 is 2.63 bits per heavy atom. The van der Waals surface area contributed by atoms with Gasteiger partial charge in [0.05, 0.1) is 6.10 Å². The van der Waals surface area contributed by atoms with Crippen molar-refractivity contribution in [1.82, 2.24) is 4.98 Å². The van der Waals surface area contributed by atoms with Crippen LogP contribution in [0.4, 0.5) is 5.82 Å². The maximum Gasteiger partial charge on any atom is 0.128 e. The Hall–Kier alpha value is -1.87. The second-order valence-corrected chi connectivity index (χ2v) is 4.97. The van der Waals surface area contributed by atoms with Gasteiger partial charge in [-0.2, -0.15) is 0 Å². The van der Waals surface area contributed by atoms with Crippen molar-refractivity contribution in [3.63, 3.8) is 0 Å². The van der Waals surface area contributed by atoms with Gasteiger partial charge in [0, 0.05) is 19.8 Å². The number of hydrogen-bond donors (Lipinski definition) is 1. The van der Waals surface area contributed by atoms with E-state index >= 15 is 0 Å². The van der Waals surface area contributed by atoms with Crippen LogP contribution in [-0.2, 0) is 6.54 Å². The summed E-state index contributed by atoms with van der Waals surface area (Å²) in [7, 11) is 2.02. The van der Waals surface area contributed by atoms with Crippen LogP contribution in [0.1, 0.15) is 29.7 Å². The normalized spacial score (nSPS) is 12.2. The van der Waals surface area contributed by atoms with Gasteiger partial charge < -0.3 is 10.0 Å². The molecule has 1 aromatic carbocycles. The Morgan fingerprint density at radius 2 is 2.05 bits per heavy atom. The first-order chi connectivity index (χ1) is 9.06. The lowest BCUT2D eigenvalue weighted by Gasteiger charge is -2.19. The number of aliphatic hydroxyl groups excluding tert-OH is 1. The minimum atomic E-state index is -0.469. The fraction of sp³-hybridized carbons (Fsp3) is 0.312. The smallest absolute Gasteiger partial charge is 0.128 e. The number of pyridine rings is 1. The monoisotopic (exact) mass is 256 g/mol. The van der Waals surface area contributed by atoms with E-state index < -0.39 is 6.10 Å². The molecule has 0 aliphatic rings. The third-order valence-electron chi connectivity index (χ3n) is 3.15. The van der Waals surface area contributed by atoms with Crippen LogP contribution < -0.4 is 4.90 Å². The summed E-state index contributed by atoms with van der Waals surface area (Å²) >= 11 is 0. The van der Waals surface area contributed by atoms with Crippen LogP contribution in [0, 0.1) is 6.92 Å². The highest BCUT2D eigenvalue weighted by Gasteiger charge is 2.06. The van der Waals surface area contributed by atoms with Gasteiger partial charge in [-0.25, -0.2) is 4.98 Å². The molecule has 1 atom stereocenters. The number of aryl methyl sites for hydroxylation is 1. The minimum absolute atomic E-state index is 0.469. The second-order valence-electron chi connectivity index (χ2n) is 4.97. The van der Waals surface area contributed by atoms with Crippen molar-refractivity contribution in [2.75, 3.05) is 11.9 Å². The summed E-state index contributed by atoms with van der Waals surface area (Å²) in [4.78, 5) is 6.48. The molecular weight excluding hydrogens is 236 g/mol. The van der Waals surface area contributed by atoms with Crippen molar-refractivity contribution < 1.29 is 5.11 Å². The van der Waals surface area contributed by atoms with Gasteiger partial charge in [-0.15, -0.1) is 0 Å². The molecule has 1 N–H and O–H groups in total.